The lowest BCUT2D eigenvalue weighted by molar-refractivity contribution is 0.291. The average Bonchev–Trinajstić information content (AvgIpc) is 2.33. The van der Waals surface area contributed by atoms with E-state index >= 15 is 0 Å². The maximum atomic E-state index is 5.19. The lowest BCUT2D eigenvalue weighted by Gasteiger charge is -2.26. The van der Waals surface area contributed by atoms with E-state index in [-0.39, 0.29) is 0 Å². The summed E-state index contributed by atoms with van der Waals surface area (Å²) >= 11 is 5.04. The van der Waals surface area contributed by atoms with Gasteiger partial charge in [-0.25, -0.2) is 0 Å². The molecule has 0 bridgehead atoms. The highest BCUT2D eigenvalue weighted by atomic mass is 32.1. The molecule has 0 aromatic heterocycles. The van der Waals surface area contributed by atoms with E-state index < -0.39 is 0 Å². The highest BCUT2D eigenvalue weighted by Crippen LogP contribution is 2.14. The first-order valence-electron chi connectivity index (χ1n) is 4.06. The van der Waals surface area contributed by atoms with Gasteiger partial charge in [-0.15, -0.1) is 0 Å². The van der Waals surface area contributed by atoms with Crippen LogP contribution < -0.4 is 0 Å². The van der Waals surface area contributed by atoms with Crippen LogP contribution in [0.5, 0.6) is 0 Å². The summed E-state index contributed by atoms with van der Waals surface area (Å²) < 4.78 is 5.19. The van der Waals surface area contributed by atoms with Crippen LogP contribution in [0.1, 0.15) is 20.8 Å². The van der Waals surface area contributed by atoms with Crippen LogP contribution in [-0.4, -0.2) is 29.3 Å². The lowest BCUT2D eigenvalue weighted by atomic mass is 10.1. The molecule has 0 aliphatic carbocycles. The number of thiocarbonyl (C=S) groups is 1. The molecule has 0 saturated carbocycles. The zero-order valence-corrected chi connectivity index (χ0v) is 8.15. The largest absolute Gasteiger partial charge is 0.469 e. The quantitative estimate of drug-likeness (QED) is 0.589. The fourth-order valence-corrected chi connectivity index (χ4v) is 1.48. The number of hydrogen-bond acceptors (Lipinski definition) is 2. The maximum absolute atomic E-state index is 5.19. The van der Waals surface area contributed by atoms with E-state index in [2.05, 4.69) is 25.7 Å². The van der Waals surface area contributed by atoms with Gasteiger partial charge in [-0.05, 0) is 25.1 Å². The Balaban J connectivity index is 2.52. The normalized spacial score (nSPS) is 20.7. The monoisotopic (exact) mass is 173 g/mol. The van der Waals surface area contributed by atoms with Crippen molar-refractivity contribution >= 4 is 17.4 Å². The van der Waals surface area contributed by atoms with E-state index in [1.807, 2.05) is 0 Å². The minimum atomic E-state index is 0.505. The fourth-order valence-electron chi connectivity index (χ4n) is 1.14. The Morgan fingerprint density at radius 2 is 2.09 bits per heavy atom. The molecule has 1 fully saturated rings. The van der Waals surface area contributed by atoms with Gasteiger partial charge < -0.3 is 9.64 Å². The summed E-state index contributed by atoms with van der Waals surface area (Å²) in [6.07, 6.45) is 0. The van der Waals surface area contributed by atoms with E-state index in [0.717, 1.165) is 13.2 Å². The average molecular weight is 173 g/mol. The number of hydrogen-bond donors (Lipinski definition) is 0. The Bertz CT molecular complexity index is 158. The third-order valence-corrected chi connectivity index (χ3v) is 2.60. The van der Waals surface area contributed by atoms with E-state index in [9.17, 15) is 0 Å². The molecule has 1 saturated heterocycles. The zero-order valence-electron chi connectivity index (χ0n) is 7.33. The molecular formula is C8H15NOS. The molecule has 1 unspecified atom stereocenters. The molecule has 0 N–H and O–H groups in total. The van der Waals surface area contributed by atoms with Crippen LogP contribution in [0.3, 0.4) is 0 Å². The van der Waals surface area contributed by atoms with Crippen molar-refractivity contribution in [2.75, 3.05) is 13.2 Å². The van der Waals surface area contributed by atoms with Crippen molar-refractivity contribution in [3.63, 3.8) is 0 Å². The number of rotatable bonds is 2. The highest BCUT2D eigenvalue weighted by molar-refractivity contribution is 7.80. The van der Waals surface area contributed by atoms with Gasteiger partial charge >= 0.3 is 0 Å². The summed E-state index contributed by atoms with van der Waals surface area (Å²) in [6.45, 7) is 8.30. The Morgan fingerprint density at radius 3 is 2.45 bits per heavy atom. The molecule has 0 aromatic carbocycles. The summed E-state index contributed by atoms with van der Waals surface area (Å²) in [4.78, 5) is 2.15. The van der Waals surface area contributed by atoms with Crippen molar-refractivity contribution < 1.29 is 4.74 Å². The van der Waals surface area contributed by atoms with Crippen LogP contribution in [0.25, 0.3) is 0 Å². The minimum absolute atomic E-state index is 0.505. The molecule has 2 nitrogen and oxygen atoms in total. The van der Waals surface area contributed by atoms with Gasteiger partial charge in [0.15, 0.2) is 0 Å². The minimum Gasteiger partial charge on any atom is -0.469 e. The van der Waals surface area contributed by atoms with Gasteiger partial charge in [0.25, 0.3) is 5.17 Å². The molecule has 1 atom stereocenters. The predicted octanol–water partition coefficient (Wildman–Crippen LogP) is 1.65. The highest BCUT2D eigenvalue weighted by Gasteiger charge is 2.24. The smallest absolute Gasteiger partial charge is 0.259 e. The standard InChI is InChI=1S/C8H15NOS/c1-6(2)7(3)9-4-5-10-8(9)11/h6-7H,4-5H2,1-3H3. The number of ether oxygens (including phenoxy) is 1. The van der Waals surface area contributed by atoms with E-state index in [4.69, 9.17) is 17.0 Å². The van der Waals surface area contributed by atoms with Gasteiger partial charge in [-0.3, -0.25) is 0 Å². The van der Waals surface area contributed by atoms with E-state index in [1.54, 1.807) is 0 Å². The van der Waals surface area contributed by atoms with Crippen molar-refractivity contribution in [3.8, 4) is 0 Å². The fraction of sp³-hybridized carbons (Fsp3) is 0.875. The van der Waals surface area contributed by atoms with Crippen LogP contribution in [-0.2, 0) is 4.74 Å². The topological polar surface area (TPSA) is 12.5 Å². The van der Waals surface area contributed by atoms with Gasteiger partial charge in [0.2, 0.25) is 0 Å². The van der Waals surface area contributed by atoms with E-state index in [1.165, 1.54) is 0 Å². The van der Waals surface area contributed by atoms with Crippen molar-refractivity contribution in [1.82, 2.24) is 4.90 Å². The van der Waals surface area contributed by atoms with Crippen LogP contribution >= 0.6 is 12.2 Å². The third kappa shape index (κ3) is 1.83. The predicted molar refractivity (Wildman–Crippen MR) is 49.6 cm³/mol. The molecule has 1 aliphatic heterocycles. The van der Waals surface area contributed by atoms with E-state index in [0.29, 0.717) is 17.1 Å². The molecule has 0 aromatic rings. The molecule has 0 spiro atoms. The summed E-state index contributed by atoms with van der Waals surface area (Å²) in [5, 5.41) is 0.672. The van der Waals surface area contributed by atoms with Crippen LogP contribution in [0.15, 0.2) is 0 Å². The summed E-state index contributed by atoms with van der Waals surface area (Å²) in [6, 6.07) is 0.505. The summed E-state index contributed by atoms with van der Waals surface area (Å²) in [5.41, 5.74) is 0. The second-order valence-corrected chi connectivity index (χ2v) is 3.64. The van der Waals surface area contributed by atoms with Crippen molar-refractivity contribution in [3.05, 3.63) is 0 Å². The molecule has 1 aliphatic rings. The Morgan fingerprint density at radius 1 is 1.45 bits per heavy atom. The molecule has 3 heteroatoms. The lowest BCUT2D eigenvalue weighted by Crippen LogP contribution is -2.37. The van der Waals surface area contributed by atoms with Crippen molar-refractivity contribution in [1.29, 1.82) is 0 Å². The molecule has 1 heterocycles. The third-order valence-electron chi connectivity index (χ3n) is 2.25. The first-order chi connectivity index (χ1) is 5.13. The van der Waals surface area contributed by atoms with Gasteiger partial charge in [0, 0.05) is 6.04 Å². The Hall–Kier alpha value is -0.310. The molecule has 1 rings (SSSR count). The second kappa shape index (κ2) is 3.39. The molecule has 11 heavy (non-hydrogen) atoms. The molecular weight excluding hydrogens is 158 g/mol. The molecule has 0 amide bonds. The first-order valence-corrected chi connectivity index (χ1v) is 4.47. The molecule has 64 valence electrons. The van der Waals surface area contributed by atoms with Gasteiger partial charge in [0.05, 0.1) is 6.54 Å². The summed E-state index contributed by atoms with van der Waals surface area (Å²) in [7, 11) is 0. The first kappa shape index (κ1) is 8.78. The van der Waals surface area contributed by atoms with Crippen LogP contribution in [0.2, 0.25) is 0 Å². The summed E-state index contributed by atoms with van der Waals surface area (Å²) in [5.74, 6) is 0.634. The zero-order chi connectivity index (χ0) is 8.43. The van der Waals surface area contributed by atoms with Crippen LogP contribution in [0.4, 0.5) is 0 Å². The molecule has 0 radical (unpaired) electrons. The van der Waals surface area contributed by atoms with Crippen molar-refractivity contribution in [2.45, 2.75) is 26.8 Å². The van der Waals surface area contributed by atoms with Crippen LogP contribution in [0, 0.1) is 5.92 Å². The van der Waals surface area contributed by atoms with Gasteiger partial charge in [0.1, 0.15) is 6.61 Å². The maximum Gasteiger partial charge on any atom is 0.259 e. The SMILES string of the molecule is CC(C)C(C)N1CCOC1=S. The van der Waals surface area contributed by atoms with Gasteiger partial charge in [-0.1, -0.05) is 13.8 Å². The Labute approximate surface area is 73.5 Å². The second-order valence-electron chi connectivity index (χ2n) is 3.29. The Kier molecular flexibility index (Phi) is 2.71. The van der Waals surface area contributed by atoms with Crippen molar-refractivity contribution in [2.24, 2.45) is 5.92 Å². The number of nitrogens with zero attached hydrogens (tertiary/aromatic N) is 1. The van der Waals surface area contributed by atoms with Gasteiger partial charge in [-0.2, -0.15) is 0 Å².